The number of nitriles is 1. The van der Waals surface area contributed by atoms with Crippen LogP contribution in [-0.2, 0) is 4.74 Å². The van der Waals surface area contributed by atoms with Crippen molar-refractivity contribution in [2.24, 2.45) is 0 Å². The molecule has 5 aromatic rings. The monoisotopic (exact) mass is 640 g/mol. The molecule has 2 unspecified atom stereocenters. The molecule has 0 fully saturated rings. The van der Waals surface area contributed by atoms with Crippen LogP contribution in [0.2, 0.25) is 0 Å². The quantitative estimate of drug-likeness (QED) is 0.158. The first-order valence-corrected chi connectivity index (χ1v) is 14.4. The van der Waals surface area contributed by atoms with Gasteiger partial charge < -0.3 is 15.4 Å². The minimum atomic E-state index is -1.04. The average molecular weight is 641 g/mol. The van der Waals surface area contributed by atoms with E-state index in [4.69, 9.17) is 4.74 Å². The summed E-state index contributed by atoms with van der Waals surface area (Å²) in [4.78, 5) is 42.8. The van der Waals surface area contributed by atoms with E-state index in [2.05, 4.69) is 46.1 Å². The van der Waals surface area contributed by atoms with Crippen molar-refractivity contribution in [1.82, 2.24) is 35.5 Å². The van der Waals surface area contributed by atoms with Gasteiger partial charge in [-0.2, -0.15) is 10.4 Å². The van der Waals surface area contributed by atoms with Crippen LogP contribution in [0.25, 0.3) is 22.3 Å². The minimum Gasteiger partial charge on any atom is -0.444 e. The van der Waals surface area contributed by atoms with Crippen LogP contribution in [0.3, 0.4) is 0 Å². The summed E-state index contributed by atoms with van der Waals surface area (Å²) in [5.74, 6) is -2.34. The number of aromatic nitrogens is 6. The van der Waals surface area contributed by atoms with E-state index in [-0.39, 0.29) is 23.0 Å². The summed E-state index contributed by atoms with van der Waals surface area (Å²) in [6, 6.07) is 9.51. The number of carbonyl (C=O) groups is 2. The molecular formula is C32H30F2N10O3. The summed E-state index contributed by atoms with van der Waals surface area (Å²) >= 11 is 0. The van der Waals surface area contributed by atoms with Gasteiger partial charge in [0.2, 0.25) is 0 Å². The number of pyridine rings is 2. The highest BCUT2D eigenvalue weighted by molar-refractivity contribution is 5.98. The third-order valence-corrected chi connectivity index (χ3v) is 6.86. The molecule has 47 heavy (non-hydrogen) atoms. The summed E-state index contributed by atoms with van der Waals surface area (Å²) in [5.41, 5.74) is 1.92. The van der Waals surface area contributed by atoms with Gasteiger partial charge in [0.15, 0.2) is 40.3 Å². The molecule has 0 radical (unpaired) electrons. The van der Waals surface area contributed by atoms with Crippen molar-refractivity contribution in [2.45, 2.75) is 52.3 Å². The van der Waals surface area contributed by atoms with Crippen LogP contribution >= 0.6 is 0 Å². The van der Waals surface area contributed by atoms with E-state index in [9.17, 15) is 23.6 Å². The van der Waals surface area contributed by atoms with Crippen LogP contribution < -0.4 is 16.0 Å². The van der Waals surface area contributed by atoms with E-state index in [1.807, 2.05) is 19.1 Å². The van der Waals surface area contributed by atoms with Crippen LogP contribution in [0.15, 0.2) is 55.0 Å². The fourth-order valence-electron chi connectivity index (χ4n) is 4.50. The third kappa shape index (κ3) is 7.61. The van der Waals surface area contributed by atoms with Crippen molar-refractivity contribution in [3.05, 3.63) is 89.1 Å². The maximum absolute atomic E-state index is 13.8. The van der Waals surface area contributed by atoms with Gasteiger partial charge in [-0.25, -0.2) is 28.5 Å². The van der Waals surface area contributed by atoms with Crippen molar-refractivity contribution >= 4 is 34.7 Å². The molecule has 0 bridgehead atoms. The van der Waals surface area contributed by atoms with E-state index in [0.717, 1.165) is 17.7 Å². The van der Waals surface area contributed by atoms with E-state index in [0.29, 0.717) is 27.9 Å². The molecule has 0 aliphatic rings. The number of nitrogens with zero attached hydrogens (tertiary/aromatic N) is 6. The van der Waals surface area contributed by atoms with Crippen molar-refractivity contribution in [3.8, 4) is 17.3 Å². The van der Waals surface area contributed by atoms with Gasteiger partial charge >= 0.3 is 6.09 Å². The molecular weight excluding hydrogens is 610 g/mol. The van der Waals surface area contributed by atoms with Crippen molar-refractivity contribution in [3.63, 3.8) is 0 Å². The van der Waals surface area contributed by atoms with Crippen molar-refractivity contribution < 1.29 is 23.1 Å². The highest BCUT2D eigenvalue weighted by Gasteiger charge is 2.22. The lowest BCUT2D eigenvalue weighted by atomic mass is 10.1. The molecule has 1 aromatic carbocycles. The Bertz CT molecular complexity index is 2000. The Hall–Kier alpha value is -6.04. The zero-order valence-corrected chi connectivity index (χ0v) is 26.0. The summed E-state index contributed by atoms with van der Waals surface area (Å²) in [6.45, 7) is 8.72. The molecule has 240 valence electrons. The lowest BCUT2D eigenvalue weighted by Crippen LogP contribution is -2.29. The normalized spacial score (nSPS) is 12.6. The number of halogens is 2. The van der Waals surface area contributed by atoms with Crippen molar-refractivity contribution in [2.75, 3.05) is 10.6 Å². The molecule has 4 N–H and O–H groups in total. The third-order valence-electron chi connectivity index (χ3n) is 6.86. The zero-order valence-electron chi connectivity index (χ0n) is 26.0. The second-order valence-electron chi connectivity index (χ2n) is 11.6. The molecule has 4 heterocycles. The highest BCUT2D eigenvalue weighted by Crippen LogP contribution is 2.27. The maximum atomic E-state index is 13.8. The summed E-state index contributed by atoms with van der Waals surface area (Å²) in [6.07, 6.45) is 3.86. The number of rotatable bonds is 8. The number of benzene rings is 1. The molecule has 0 spiro atoms. The Labute approximate surface area is 267 Å². The Morgan fingerprint density at radius 1 is 0.936 bits per heavy atom. The number of amides is 2. The molecule has 0 aliphatic heterocycles. The fourth-order valence-corrected chi connectivity index (χ4v) is 4.50. The summed E-state index contributed by atoms with van der Waals surface area (Å²) in [7, 11) is 0. The first-order valence-electron chi connectivity index (χ1n) is 14.4. The largest absolute Gasteiger partial charge is 0.444 e. The Morgan fingerprint density at radius 3 is 2.38 bits per heavy atom. The minimum absolute atomic E-state index is 0.0764. The van der Waals surface area contributed by atoms with E-state index in [1.54, 1.807) is 52.2 Å². The predicted octanol–water partition coefficient (Wildman–Crippen LogP) is 5.97. The van der Waals surface area contributed by atoms with Gasteiger partial charge in [0.25, 0.3) is 5.91 Å². The standard InChI is InChI=1S/C32H30F2N10O3/c1-16(18-6-8-23(33)24(34)11-18)40-30(45)26-29(38-15-21(12-35)41-26)39-17(2)19-7-9-25(36-13-19)20-10-22-27(37-14-20)43-44-28(22)42-31(46)47-32(3,4)5/h6-11,13-17H,1-5H3,(H,38,39)(H,40,45)(H2,37,42,43,44,46). The molecule has 2 atom stereocenters. The second-order valence-corrected chi connectivity index (χ2v) is 11.6. The molecule has 2 amide bonds. The molecule has 15 heteroatoms. The molecule has 0 aliphatic carbocycles. The molecule has 0 saturated carbocycles. The van der Waals surface area contributed by atoms with E-state index >= 15 is 0 Å². The van der Waals surface area contributed by atoms with E-state index < -0.39 is 41.3 Å². The number of fused-ring (bicyclic) bond motifs is 1. The molecule has 0 saturated heterocycles. The number of H-pyrrole nitrogens is 1. The van der Waals surface area contributed by atoms with Gasteiger partial charge in [-0.05, 0) is 70.0 Å². The number of anilines is 2. The Balaban J connectivity index is 1.32. The van der Waals surface area contributed by atoms with Gasteiger partial charge in [-0.3, -0.25) is 20.2 Å². The van der Waals surface area contributed by atoms with Crippen LogP contribution in [0.4, 0.5) is 25.2 Å². The Kier molecular flexibility index (Phi) is 9.04. The summed E-state index contributed by atoms with van der Waals surface area (Å²) in [5, 5.41) is 25.3. The molecule has 4 aromatic heterocycles. The maximum Gasteiger partial charge on any atom is 0.413 e. The topological polar surface area (TPSA) is 183 Å². The number of hydrogen-bond donors (Lipinski definition) is 4. The number of nitrogens with one attached hydrogen (secondary N) is 4. The fraction of sp³-hybridized carbons (Fsp3) is 0.250. The SMILES string of the molecule is CC(NC(=O)c1nc(C#N)cnc1NC(C)c1ccc(-c2cnc3[nH]nc(NC(=O)OC(C)(C)C)c3c2)nc1)c1ccc(F)c(F)c1. The van der Waals surface area contributed by atoms with Gasteiger partial charge in [0.05, 0.1) is 29.4 Å². The number of aromatic amines is 1. The van der Waals surface area contributed by atoms with Crippen molar-refractivity contribution in [1.29, 1.82) is 5.26 Å². The molecule has 5 rings (SSSR count). The van der Waals surface area contributed by atoms with Gasteiger partial charge in [-0.15, -0.1) is 0 Å². The number of hydrogen-bond acceptors (Lipinski definition) is 10. The van der Waals surface area contributed by atoms with Crippen LogP contribution in [0.1, 0.15) is 74.0 Å². The van der Waals surface area contributed by atoms with Crippen LogP contribution in [-0.4, -0.2) is 47.7 Å². The number of carbonyl (C=O) groups excluding carboxylic acids is 2. The van der Waals surface area contributed by atoms with E-state index in [1.165, 1.54) is 12.3 Å². The lowest BCUT2D eigenvalue weighted by molar-refractivity contribution is 0.0635. The predicted molar refractivity (Wildman–Crippen MR) is 168 cm³/mol. The van der Waals surface area contributed by atoms with Crippen LogP contribution in [0, 0.1) is 23.0 Å². The number of ether oxygens (including phenoxy) is 1. The van der Waals surface area contributed by atoms with Crippen LogP contribution in [0.5, 0.6) is 0 Å². The Morgan fingerprint density at radius 2 is 1.70 bits per heavy atom. The average Bonchev–Trinajstić information content (AvgIpc) is 3.43. The zero-order chi connectivity index (χ0) is 33.9. The highest BCUT2D eigenvalue weighted by atomic mass is 19.2. The lowest BCUT2D eigenvalue weighted by Gasteiger charge is -2.19. The second kappa shape index (κ2) is 13.1. The van der Waals surface area contributed by atoms with Gasteiger partial charge in [0.1, 0.15) is 11.7 Å². The molecule has 13 nitrogen and oxygen atoms in total. The first kappa shape index (κ1) is 32.4. The van der Waals surface area contributed by atoms with Gasteiger partial charge in [0, 0.05) is 18.0 Å². The van der Waals surface area contributed by atoms with Gasteiger partial charge in [-0.1, -0.05) is 12.1 Å². The smallest absolute Gasteiger partial charge is 0.413 e. The summed E-state index contributed by atoms with van der Waals surface area (Å²) < 4.78 is 32.5. The first-order chi connectivity index (χ1) is 22.3.